The zero-order valence-corrected chi connectivity index (χ0v) is 29.2. The molecule has 1 atom stereocenters. The molecular weight excluding hydrogens is 625 g/mol. The number of para-hydroxylation sites is 1. The largest absolute Gasteiger partial charge is 0.497 e. The number of carbonyl (C=O) groups excluding carboxylic acids is 1. The number of methoxy groups -OCH3 is 1. The molecule has 48 heavy (non-hydrogen) atoms. The number of hydrogen-bond donors (Lipinski definition) is 1. The first kappa shape index (κ1) is 33.7. The molecule has 1 amide bonds. The number of imidazole rings is 1. The molecule has 1 N–H and O–H groups in total. The van der Waals surface area contributed by atoms with E-state index >= 15 is 0 Å². The van der Waals surface area contributed by atoms with Gasteiger partial charge >= 0.3 is 0 Å². The highest BCUT2D eigenvalue weighted by Gasteiger charge is 2.39. The lowest BCUT2D eigenvalue weighted by molar-refractivity contribution is 0.0286. The molecule has 2 fully saturated rings. The maximum absolute atomic E-state index is 13.9. The van der Waals surface area contributed by atoms with Crippen LogP contribution in [0.2, 0.25) is 0 Å². The Kier molecular flexibility index (Phi) is 9.35. The summed E-state index contributed by atoms with van der Waals surface area (Å²) in [5, 5.41) is 9.23. The van der Waals surface area contributed by atoms with E-state index < -0.39 is 16.1 Å². The van der Waals surface area contributed by atoms with Crippen LogP contribution in [0.3, 0.4) is 0 Å². The predicted octanol–water partition coefficient (Wildman–Crippen LogP) is 5.96. The zero-order chi connectivity index (χ0) is 34.2. The first-order chi connectivity index (χ1) is 22.9. The number of nitrogens with zero attached hydrogens (tertiary/aromatic N) is 5. The van der Waals surface area contributed by atoms with Crippen molar-refractivity contribution >= 4 is 27.0 Å². The summed E-state index contributed by atoms with van der Waals surface area (Å²) in [5.74, 6) is 1.05. The molecular formula is C37H44N6O4S. The number of sulfonamides is 1. The Morgan fingerprint density at radius 1 is 1.04 bits per heavy atom. The summed E-state index contributed by atoms with van der Waals surface area (Å²) >= 11 is 0. The van der Waals surface area contributed by atoms with E-state index in [1.165, 1.54) is 9.87 Å². The molecule has 0 aliphatic carbocycles. The van der Waals surface area contributed by atoms with Gasteiger partial charge in [0.2, 0.25) is 10.0 Å². The number of nitriles is 1. The Morgan fingerprint density at radius 2 is 1.69 bits per heavy atom. The molecule has 6 rings (SSSR count). The molecule has 3 aromatic carbocycles. The van der Waals surface area contributed by atoms with Crippen molar-refractivity contribution in [2.75, 3.05) is 40.3 Å². The Hall–Kier alpha value is -4.24. The summed E-state index contributed by atoms with van der Waals surface area (Å²) in [6.07, 6.45) is 4.16. The zero-order valence-electron chi connectivity index (χ0n) is 28.4. The van der Waals surface area contributed by atoms with Crippen molar-refractivity contribution in [1.29, 1.82) is 5.26 Å². The van der Waals surface area contributed by atoms with Gasteiger partial charge < -0.3 is 14.6 Å². The van der Waals surface area contributed by atoms with E-state index in [2.05, 4.69) is 22.0 Å². The number of piperidine rings is 2. The van der Waals surface area contributed by atoms with Gasteiger partial charge in [0, 0.05) is 26.7 Å². The first-order valence-electron chi connectivity index (χ1n) is 16.6. The maximum atomic E-state index is 13.9. The summed E-state index contributed by atoms with van der Waals surface area (Å²) in [5.41, 5.74) is 5.13. The highest BCUT2D eigenvalue weighted by molar-refractivity contribution is 7.89. The van der Waals surface area contributed by atoms with Crippen molar-refractivity contribution in [3.63, 3.8) is 0 Å². The summed E-state index contributed by atoms with van der Waals surface area (Å²) in [6, 6.07) is 18.5. The van der Waals surface area contributed by atoms with Crippen LogP contribution < -0.4 is 4.74 Å². The number of benzene rings is 3. The van der Waals surface area contributed by atoms with Crippen molar-refractivity contribution in [1.82, 2.24) is 24.1 Å². The van der Waals surface area contributed by atoms with Gasteiger partial charge in [-0.05, 0) is 118 Å². The van der Waals surface area contributed by atoms with Gasteiger partial charge in [-0.15, -0.1) is 0 Å². The number of carbonyl (C=O) groups is 1. The molecule has 0 radical (unpaired) electrons. The Morgan fingerprint density at radius 3 is 2.33 bits per heavy atom. The van der Waals surface area contributed by atoms with Crippen LogP contribution in [0.1, 0.15) is 77.1 Å². The van der Waals surface area contributed by atoms with Gasteiger partial charge in [0.15, 0.2) is 0 Å². The second-order valence-corrected chi connectivity index (χ2v) is 15.4. The van der Waals surface area contributed by atoms with E-state index in [0.717, 1.165) is 45.3 Å². The quantitative estimate of drug-likeness (QED) is 0.246. The molecule has 2 aliphatic rings. The Balaban J connectivity index is 1.12. The molecule has 2 saturated heterocycles. The van der Waals surface area contributed by atoms with Crippen LogP contribution in [0.15, 0.2) is 59.5 Å². The van der Waals surface area contributed by atoms with Crippen molar-refractivity contribution < 1.29 is 17.9 Å². The number of rotatable bonds is 8. The van der Waals surface area contributed by atoms with Gasteiger partial charge in [0.25, 0.3) is 5.91 Å². The van der Waals surface area contributed by atoms with E-state index in [0.29, 0.717) is 58.0 Å². The van der Waals surface area contributed by atoms with Crippen molar-refractivity contribution in [2.45, 2.75) is 63.9 Å². The third-order valence-electron chi connectivity index (χ3n) is 10.5. The van der Waals surface area contributed by atoms with Crippen LogP contribution in [0, 0.1) is 30.6 Å². The van der Waals surface area contributed by atoms with Gasteiger partial charge in [0.05, 0.1) is 40.8 Å². The fourth-order valence-corrected chi connectivity index (χ4v) is 9.15. The lowest BCUT2D eigenvalue weighted by Crippen LogP contribution is -2.48. The second kappa shape index (κ2) is 13.3. The number of aromatic nitrogens is 2. The number of amides is 1. The average molecular weight is 669 g/mol. The van der Waals surface area contributed by atoms with Crippen LogP contribution in [0.5, 0.6) is 5.75 Å². The number of aryl methyl sites for hydroxylation is 2. The van der Waals surface area contributed by atoms with Crippen molar-refractivity contribution in [3.05, 3.63) is 88.2 Å². The number of aromatic amines is 1. The van der Waals surface area contributed by atoms with Gasteiger partial charge in [0.1, 0.15) is 17.1 Å². The molecule has 3 heterocycles. The van der Waals surface area contributed by atoms with Gasteiger partial charge in [-0.25, -0.2) is 13.4 Å². The fourth-order valence-electron chi connectivity index (χ4n) is 7.42. The number of ether oxygens (including phenoxy) is 1. The molecule has 11 heteroatoms. The van der Waals surface area contributed by atoms with E-state index in [-0.39, 0.29) is 16.2 Å². The summed E-state index contributed by atoms with van der Waals surface area (Å²) in [7, 11) is -0.744. The minimum Gasteiger partial charge on any atom is -0.497 e. The van der Waals surface area contributed by atoms with Crippen LogP contribution in [0.25, 0.3) is 11.0 Å². The van der Waals surface area contributed by atoms with E-state index in [4.69, 9.17) is 9.72 Å². The molecule has 0 saturated carbocycles. The molecule has 1 spiro atoms. The molecule has 0 bridgehead atoms. The standard InChI is InChI=1S/C37H44N6O4S/c1-25-20-30(47-5)21-26(2)34(25)48(45,46)41(4)27(3)35-39-32-11-7-10-31(33(32)40-35)36(44)43-18-14-37(15-19-43)12-16-42(17-13-37)24-29-9-6-8-28(22-29)23-38/h6-11,20-22,27H,12-19,24H2,1-5H3,(H,39,40). The molecule has 4 aromatic rings. The number of hydrogen-bond acceptors (Lipinski definition) is 7. The highest BCUT2D eigenvalue weighted by atomic mass is 32.2. The number of nitrogens with one attached hydrogen (secondary N) is 1. The molecule has 1 unspecified atom stereocenters. The third kappa shape index (κ3) is 6.44. The second-order valence-electron chi connectivity index (χ2n) is 13.5. The normalized spacial score (nSPS) is 17.5. The van der Waals surface area contributed by atoms with Crippen molar-refractivity contribution in [3.8, 4) is 11.8 Å². The highest BCUT2D eigenvalue weighted by Crippen LogP contribution is 2.42. The molecule has 252 valence electrons. The molecule has 10 nitrogen and oxygen atoms in total. The summed E-state index contributed by atoms with van der Waals surface area (Å²) < 4.78 is 34.3. The Labute approximate surface area is 283 Å². The van der Waals surface area contributed by atoms with E-state index in [1.807, 2.05) is 41.3 Å². The fraction of sp³-hybridized carbons (Fsp3) is 0.432. The van der Waals surface area contributed by atoms with Gasteiger partial charge in [-0.1, -0.05) is 18.2 Å². The number of likely N-dealkylation sites (tertiary alicyclic amines) is 2. The van der Waals surface area contributed by atoms with E-state index in [9.17, 15) is 18.5 Å². The molecule has 2 aliphatic heterocycles. The van der Waals surface area contributed by atoms with Crippen LogP contribution in [-0.2, 0) is 16.6 Å². The van der Waals surface area contributed by atoms with Gasteiger partial charge in [-0.3, -0.25) is 9.69 Å². The SMILES string of the molecule is COc1cc(C)c(S(=O)(=O)N(C)C(C)c2nc3c(C(=O)N4CCC5(CCN(Cc6cccc(C#N)c6)CC5)CC4)cccc3[nH]2)c(C)c1. The topological polar surface area (TPSA) is 123 Å². The summed E-state index contributed by atoms with van der Waals surface area (Å²) in [4.78, 5) is 26.7. The lowest BCUT2D eigenvalue weighted by Gasteiger charge is -2.47. The van der Waals surface area contributed by atoms with Crippen LogP contribution in [-0.4, -0.2) is 78.7 Å². The van der Waals surface area contributed by atoms with E-state index in [1.54, 1.807) is 47.1 Å². The minimum atomic E-state index is -3.86. The number of H-pyrrole nitrogens is 1. The van der Waals surface area contributed by atoms with Crippen molar-refractivity contribution in [2.24, 2.45) is 5.41 Å². The maximum Gasteiger partial charge on any atom is 0.256 e. The predicted molar refractivity (Wildman–Crippen MR) is 185 cm³/mol. The smallest absolute Gasteiger partial charge is 0.256 e. The molecule has 1 aromatic heterocycles. The van der Waals surface area contributed by atoms with Crippen LogP contribution in [0.4, 0.5) is 0 Å². The Bertz CT molecular complexity index is 1960. The summed E-state index contributed by atoms with van der Waals surface area (Å²) in [6.45, 7) is 9.62. The monoisotopic (exact) mass is 668 g/mol. The van der Waals surface area contributed by atoms with Crippen LogP contribution >= 0.6 is 0 Å². The first-order valence-corrected chi connectivity index (χ1v) is 18.0. The average Bonchev–Trinajstić information content (AvgIpc) is 3.53. The number of fused-ring (bicyclic) bond motifs is 1. The third-order valence-corrected chi connectivity index (χ3v) is 12.7. The minimum absolute atomic E-state index is 0.0403. The lowest BCUT2D eigenvalue weighted by atomic mass is 9.71. The van der Waals surface area contributed by atoms with Gasteiger partial charge in [-0.2, -0.15) is 9.57 Å².